The summed E-state index contributed by atoms with van der Waals surface area (Å²) in [5, 5.41) is 12.3. The van der Waals surface area contributed by atoms with Gasteiger partial charge in [0.25, 0.3) is 0 Å². The zero-order valence-electron chi connectivity index (χ0n) is 8.54. The minimum absolute atomic E-state index is 0.466. The maximum Gasteiger partial charge on any atom is 0.328 e. The van der Waals surface area contributed by atoms with Gasteiger partial charge in [-0.2, -0.15) is 0 Å². The maximum atomic E-state index is 10.9. The fourth-order valence-corrected chi connectivity index (χ4v) is 1.20. The molecule has 15 heavy (non-hydrogen) atoms. The summed E-state index contributed by atoms with van der Waals surface area (Å²) < 4.78 is 0. The van der Waals surface area contributed by atoms with Crippen LogP contribution in [0.15, 0.2) is 18.2 Å². The summed E-state index contributed by atoms with van der Waals surface area (Å²) in [6.07, 6.45) is 0. The molecule has 82 valence electrons. The molecule has 0 bridgehead atoms. The smallest absolute Gasteiger partial charge is 0.328 e. The zero-order chi connectivity index (χ0) is 11.6. The third-order valence-electron chi connectivity index (χ3n) is 2.00. The lowest BCUT2D eigenvalue weighted by Gasteiger charge is -2.23. The van der Waals surface area contributed by atoms with E-state index in [1.54, 1.807) is 32.0 Å². The predicted molar refractivity (Wildman–Crippen MR) is 61.2 cm³/mol. The lowest BCUT2D eigenvalue weighted by atomic mass is 10.1. The first kappa shape index (κ1) is 11.7. The van der Waals surface area contributed by atoms with Crippen molar-refractivity contribution in [2.75, 3.05) is 11.1 Å². The number of hydrogen-bond acceptors (Lipinski definition) is 3. The molecule has 0 aliphatic carbocycles. The van der Waals surface area contributed by atoms with Crippen LogP contribution in [0.25, 0.3) is 0 Å². The number of benzene rings is 1. The van der Waals surface area contributed by atoms with E-state index in [2.05, 4.69) is 5.32 Å². The minimum atomic E-state index is -1.08. The summed E-state index contributed by atoms with van der Waals surface area (Å²) in [5.74, 6) is -0.957. The number of carboxylic acids is 1. The first-order chi connectivity index (χ1) is 6.83. The largest absolute Gasteiger partial charge is 0.480 e. The Morgan fingerprint density at radius 2 is 2.13 bits per heavy atom. The molecule has 0 aliphatic rings. The molecule has 1 aromatic rings. The molecule has 0 radical (unpaired) electrons. The van der Waals surface area contributed by atoms with Gasteiger partial charge in [0.1, 0.15) is 5.54 Å². The van der Waals surface area contributed by atoms with E-state index >= 15 is 0 Å². The Labute approximate surface area is 93.0 Å². The summed E-state index contributed by atoms with van der Waals surface area (Å²) in [5.41, 5.74) is 5.59. The van der Waals surface area contributed by atoms with Crippen LogP contribution < -0.4 is 11.1 Å². The van der Waals surface area contributed by atoms with E-state index in [0.29, 0.717) is 16.4 Å². The van der Waals surface area contributed by atoms with E-state index < -0.39 is 11.5 Å². The maximum absolute atomic E-state index is 10.9. The van der Waals surface area contributed by atoms with Crippen molar-refractivity contribution in [3.05, 3.63) is 23.2 Å². The van der Waals surface area contributed by atoms with Crippen molar-refractivity contribution in [2.24, 2.45) is 0 Å². The SMILES string of the molecule is CC(C)(Nc1cc(Cl)ccc1N)C(=O)O. The summed E-state index contributed by atoms with van der Waals surface area (Å²) in [6.45, 7) is 3.10. The number of nitrogens with two attached hydrogens (primary N) is 1. The molecule has 0 fully saturated rings. The number of rotatable bonds is 3. The Hall–Kier alpha value is -1.42. The van der Waals surface area contributed by atoms with E-state index in [1.807, 2.05) is 0 Å². The predicted octanol–water partition coefficient (Wildman–Crippen LogP) is 2.20. The van der Waals surface area contributed by atoms with Gasteiger partial charge in [0.2, 0.25) is 0 Å². The number of anilines is 2. The number of carboxylic acid groups (broad SMARTS) is 1. The fraction of sp³-hybridized carbons (Fsp3) is 0.300. The lowest BCUT2D eigenvalue weighted by molar-refractivity contribution is -0.141. The van der Waals surface area contributed by atoms with Crippen LogP contribution in [-0.2, 0) is 4.79 Å². The van der Waals surface area contributed by atoms with Crippen LogP contribution in [0.2, 0.25) is 5.02 Å². The third-order valence-corrected chi connectivity index (χ3v) is 2.23. The van der Waals surface area contributed by atoms with E-state index in [4.69, 9.17) is 22.4 Å². The lowest BCUT2D eigenvalue weighted by Crippen LogP contribution is -2.40. The summed E-state index contributed by atoms with van der Waals surface area (Å²) in [4.78, 5) is 10.9. The van der Waals surface area contributed by atoms with Gasteiger partial charge < -0.3 is 16.2 Å². The van der Waals surface area contributed by atoms with Crippen molar-refractivity contribution in [2.45, 2.75) is 19.4 Å². The molecule has 0 spiro atoms. The molecular weight excluding hydrogens is 216 g/mol. The Morgan fingerprint density at radius 3 is 2.67 bits per heavy atom. The number of nitrogen functional groups attached to an aromatic ring is 1. The molecule has 1 rings (SSSR count). The van der Waals surface area contributed by atoms with E-state index in [0.717, 1.165) is 0 Å². The van der Waals surface area contributed by atoms with Gasteiger partial charge in [-0.15, -0.1) is 0 Å². The molecule has 0 saturated carbocycles. The van der Waals surface area contributed by atoms with Crippen LogP contribution in [0.3, 0.4) is 0 Å². The molecule has 4 nitrogen and oxygen atoms in total. The zero-order valence-corrected chi connectivity index (χ0v) is 9.30. The van der Waals surface area contributed by atoms with Gasteiger partial charge in [-0.1, -0.05) is 11.6 Å². The minimum Gasteiger partial charge on any atom is -0.480 e. The van der Waals surface area contributed by atoms with Crippen molar-refractivity contribution in [3.8, 4) is 0 Å². The number of nitrogens with one attached hydrogen (secondary N) is 1. The van der Waals surface area contributed by atoms with Gasteiger partial charge in [0.15, 0.2) is 0 Å². The summed E-state index contributed by atoms with van der Waals surface area (Å²) >= 11 is 5.78. The second-order valence-corrected chi connectivity index (χ2v) is 4.22. The van der Waals surface area contributed by atoms with Crippen LogP contribution in [0.4, 0.5) is 11.4 Å². The number of halogens is 1. The van der Waals surface area contributed by atoms with Crippen LogP contribution in [0.5, 0.6) is 0 Å². The summed E-state index contributed by atoms with van der Waals surface area (Å²) in [7, 11) is 0. The van der Waals surface area contributed by atoms with Gasteiger partial charge in [-0.3, -0.25) is 0 Å². The topological polar surface area (TPSA) is 75.3 Å². The monoisotopic (exact) mass is 228 g/mol. The quantitative estimate of drug-likeness (QED) is 0.694. The van der Waals surface area contributed by atoms with E-state index in [-0.39, 0.29) is 0 Å². The molecule has 0 saturated heterocycles. The van der Waals surface area contributed by atoms with Gasteiger partial charge in [0.05, 0.1) is 11.4 Å². The Morgan fingerprint density at radius 1 is 1.53 bits per heavy atom. The van der Waals surface area contributed by atoms with Crippen molar-refractivity contribution < 1.29 is 9.90 Å². The third kappa shape index (κ3) is 2.76. The van der Waals surface area contributed by atoms with Crippen LogP contribution >= 0.6 is 11.6 Å². The number of carbonyl (C=O) groups is 1. The first-order valence-electron chi connectivity index (χ1n) is 4.39. The molecule has 1 aromatic carbocycles. The van der Waals surface area contributed by atoms with Gasteiger partial charge in [0, 0.05) is 5.02 Å². The highest BCUT2D eigenvalue weighted by Crippen LogP contribution is 2.25. The van der Waals surface area contributed by atoms with Gasteiger partial charge >= 0.3 is 5.97 Å². The Kier molecular flexibility index (Phi) is 3.09. The Bertz CT molecular complexity index is 391. The normalized spacial score (nSPS) is 11.1. The number of aliphatic carboxylic acids is 1. The molecule has 0 aliphatic heterocycles. The van der Waals surface area contributed by atoms with Crippen molar-refractivity contribution in [1.82, 2.24) is 0 Å². The van der Waals surface area contributed by atoms with Gasteiger partial charge in [-0.05, 0) is 32.0 Å². The summed E-state index contributed by atoms with van der Waals surface area (Å²) in [6, 6.07) is 4.88. The highest BCUT2D eigenvalue weighted by Gasteiger charge is 2.27. The molecular formula is C10H13ClN2O2. The fourth-order valence-electron chi connectivity index (χ4n) is 1.03. The van der Waals surface area contributed by atoms with Crippen molar-refractivity contribution >= 4 is 28.9 Å². The molecule has 0 heterocycles. The van der Waals surface area contributed by atoms with Crippen LogP contribution in [0.1, 0.15) is 13.8 Å². The molecule has 5 heteroatoms. The second kappa shape index (κ2) is 3.98. The molecule has 4 N–H and O–H groups in total. The standard InChI is InChI=1S/C10H13ClN2O2/c1-10(2,9(14)15)13-8-5-6(11)3-4-7(8)12/h3-5,13H,12H2,1-2H3,(H,14,15). The van der Waals surface area contributed by atoms with E-state index in [1.165, 1.54) is 0 Å². The number of hydrogen-bond donors (Lipinski definition) is 3. The van der Waals surface area contributed by atoms with E-state index in [9.17, 15) is 4.79 Å². The second-order valence-electron chi connectivity index (χ2n) is 3.79. The molecule has 0 unspecified atom stereocenters. The van der Waals surface area contributed by atoms with Gasteiger partial charge in [-0.25, -0.2) is 4.79 Å². The Balaban J connectivity index is 2.99. The molecule has 0 atom stereocenters. The van der Waals surface area contributed by atoms with Crippen LogP contribution in [-0.4, -0.2) is 16.6 Å². The van der Waals surface area contributed by atoms with Crippen molar-refractivity contribution in [3.63, 3.8) is 0 Å². The van der Waals surface area contributed by atoms with Crippen molar-refractivity contribution in [1.29, 1.82) is 0 Å². The average molecular weight is 229 g/mol. The highest BCUT2D eigenvalue weighted by atomic mass is 35.5. The first-order valence-corrected chi connectivity index (χ1v) is 4.77. The average Bonchev–Trinajstić information content (AvgIpc) is 2.10. The molecule has 0 aromatic heterocycles. The molecule has 0 amide bonds. The van der Waals surface area contributed by atoms with Crippen LogP contribution in [0, 0.1) is 0 Å². The highest BCUT2D eigenvalue weighted by molar-refractivity contribution is 6.31.